The van der Waals surface area contributed by atoms with Crippen LogP contribution in [0, 0.1) is 5.82 Å². The second kappa shape index (κ2) is 4.93. The van der Waals surface area contributed by atoms with E-state index < -0.39 is 5.82 Å². The van der Waals surface area contributed by atoms with Gasteiger partial charge in [0.15, 0.2) is 6.29 Å². The lowest BCUT2D eigenvalue weighted by molar-refractivity contribution is 0.112. The molecule has 20 heavy (non-hydrogen) atoms. The van der Waals surface area contributed by atoms with E-state index in [1.807, 2.05) is 0 Å². The number of H-pyrrole nitrogens is 1. The molecule has 0 saturated carbocycles. The summed E-state index contributed by atoms with van der Waals surface area (Å²) in [6.45, 7) is 0. The summed E-state index contributed by atoms with van der Waals surface area (Å²) < 4.78 is 13.9. The van der Waals surface area contributed by atoms with Crippen LogP contribution in [0.2, 0.25) is 10.0 Å². The number of hydrogen-bond acceptors (Lipinski definition) is 1. The molecule has 0 fully saturated rings. The third-order valence-corrected chi connectivity index (χ3v) is 3.59. The highest BCUT2D eigenvalue weighted by Gasteiger charge is 2.16. The van der Waals surface area contributed by atoms with Crippen molar-refractivity contribution in [1.82, 2.24) is 4.98 Å². The molecule has 0 radical (unpaired) electrons. The number of aromatic amines is 1. The van der Waals surface area contributed by atoms with Crippen molar-refractivity contribution in [2.24, 2.45) is 0 Å². The Morgan fingerprint density at radius 3 is 2.40 bits per heavy atom. The third kappa shape index (κ3) is 2.09. The van der Waals surface area contributed by atoms with Crippen LogP contribution in [-0.2, 0) is 0 Å². The fraction of sp³-hybridized carbons (Fsp3) is 0. The topological polar surface area (TPSA) is 32.9 Å². The summed E-state index contributed by atoms with van der Waals surface area (Å²) in [4.78, 5) is 14.3. The lowest BCUT2D eigenvalue weighted by Crippen LogP contribution is -1.84. The lowest BCUT2D eigenvalue weighted by Gasteiger charge is -1.99. The number of carbonyl (C=O) groups is 1. The first-order valence-electron chi connectivity index (χ1n) is 5.82. The van der Waals surface area contributed by atoms with Crippen molar-refractivity contribution in [3.8, 4) is 11.3 Å². The molecule has 0 bridgehead atoms. The summed E-state index contributed by atoms with van der Waals surface area (Å²) in [7, 11) is 0. The molecule has 0 aliphatic heterocycles. The van der Waals surface area contributed by atoms with Crippen molar-refractivity contribution >= 4 is 40.4 Å². The lowest BCUT2D eigenvalue weighted by atomic mass is 10.1. The molecule has 1 N–H and O–H groups in total. The highest BCUT2D eigenvalue weighted by atomic mass is 35.5. The van der Waals surface area contributed by atoms with E-state index in [4.69, 9.17) is 23.2 Å². The van der Waals surface area contributed by atoms with Crippen molar-refractivity contribution in [1.29, 1.82) is 0 Å². The molecule has 0 saturated heterocycles. The van der Waals surface area contributed by atoms with Gasteiger partial charge in [0.25, 0.3) is 0 Å². The van der Waals surface area contributed by atoms with E-state index in [9.17, 15) is 9.18 Å². The Morgan fingerprint density at radius 1 is 1.05 bits per heavy atom. The molecule has 0 aliphatic rings. The fourth-order valence-electron chi connectivity index (χ4n) is 2.21. The molecular weight excluding hydrogens is 300 g/mol. The number of nitrogens with one attached hydrogen (secondary N) is 1. The first kappa shape index (κ1) is 13.2. The predicted molar refractivity (Wildman–Crippen MR) is 79.1 cm³/mol. The first-order valence-corrected chi connectivity index (χ1v) is 6.57. The summed E-state index contributed by atoms with van der Waals surface area (Å²) in [5.74, 6) is -0.490. The van der Waals surface area contributed by atoms with E-state index in [0.29, 0.717) is 28.0 Å². The van der Waals surface area contributed by atoms with Gasteiger partial charge >= 0.3 is 0 Å². The van der Waals surface area contributed by atoms with Crippen LogP contribution < -0.4 is 0 Å². The molecule has 100 valence electrons. The van der Waals surface area contributed by atoms with Crippen LogP contribution >= 0.6 is 23.2 Å². The summed E-state index contributed by atoms with van der Waals surface area (Å²) in [5.41, 5.74) is 1.95. The number of halogens is 3. The highest BCUT2D eigenvalue weighted by Crippen LogP contribution is 2.32. The average molecular weight is 308 g/mol. The van der Waals surface area contributed by atoms with Crippen molar-refractivity contribution in [2.45, 2.75) is 0 Å². The molecule has 0 aliphatic carbocycles. The quantitative estimate of drug-likeness (QED) is 0.657. The maximum atomic E-state index is 13.9. The predicted octanol–water partition coefficient (Wildman–Crippen LogP) is 5.09. The van der Waals surface area contributed by atoms with E-state index >= 15 is 0 Å². The normalized spacial score (nSPS) is 10.9. The van der Waals surface area contributed by atoms with Crippen LogP contribution in [0.1, 0.15) is 10.4 Å². The van der Waals surface area contributed by atoms with Crippen molar-refractivity contribution < 1.29 is 9.18 Å². The van der Waals surface area contributed by atoms with Crippen molar-refractivity contribution in [3.63, 3.8) is 0 Å². The van der Waals surface area contributed by atoms with Crippen LogP contribution in [0.5, 0.6) is 0 Å². The molecule has 0 unspecified atom stereocenters. The standard InChI is InChI=1S/C15H8Cl2FNO/c16-9-3-1-8(2-4-9)14-12(7-20)11-5-10(17)6-13(18)15(11)19-14/h1-7,19H. The second-order valence-electron chi connectivity index (χ2n) is 4.35. The summed E-state index contributed by atoms with van der Waals surface area (Å²) in [6.07, 6.45) is 0.693. The molecule has 2 aromatic carbocycles. The molecular formula is C15H8Cl2FNO. The molecule has 0 spiro atoms. The smallest absolute Gasteiger partial charge is 0.152 e. The van der Waals surface area contributed by atoms with E-state index in [1.165, 1.54) is 6.07 Å². The monoisotopic (exact) mass is 307 g/mol. The molecule has 2 nitrogen and oxygen atoms in total. The number of carbonyl (C=O) groups excluding carboxylic acids is 1. The van der Waals surface area contributed by atoms with Gasteiger partial charge in [-0.2, -0.15) is 0 Å². The zero-order chi connectivity index (χ0) is 14.3. The van der Waals surface area contributed by atoms with Crippen LogP contribution in [0.15, 0.2) is 36.4 Å². The van der Waals surface area contributed by atoms with Gasteiger partial charge in [-0.1, -0.05) is 35.3 Å². The van der Waals surface area contributed by atoms with Gasteiger partial charge in [0.1, 0.15) is 5.82 Å². The number of benzene rings is 2. The molecule has 5 heteroatoms. The van der Waals surface area contributed by atoms with Gasteiger partial charge in [0, 0.05) is 21.0 Å². The first-order chi connectivity index (χ1) is 9.60. The molecule has 3 aromatic rings. The Morgan fingerprint density at radius 2 is 1.75 bits per heavy atom. The van der Waals surface area contributed by atoms with Gasteiger partial charge in [-0.3, -0.25) is 4.79 Å². The van der Waals surface area contributed by atoms with Gasteiger partial charge in [0.2, 0.25) is 0 Å². The van der Waals surface area contributed by atoms with Gasteiger partial charge in [0.05, 0.1) is 11.2 Å². The Balaban J connectivity index is 2.33. The van der Waals surface area contributed by atoms with Crippen molar-refractivity contribution in [2.75, 3.05) is 0 Å². The maximum absolute atomic E-state index is 13.9. The maximum Gasteiger partial charge on any atom is 0.152 e. The average Bonchev–Trinajstić information content (AvgIpc) is 2.78. The summed E-state index contributed by atoms with van der Waals surface area (Å²) in [6, 6.07) is 9.72. The summed E-state index contributed by atoms with van der Waals surface area (Å²) >= 11 is 11.7. The SMILES string of the molecule is O=Cc1c(-c2ccc(Cl)cc2)[nH]c2c(F)cc(Cl)cc12. The van der Waals surface area contributed by atoms with E-state index in [1.54, 1.807) is 30.3 Å². The number of aldehydes is 1. The van der Waals surface area contributed by atoms with Crippen LogP contribution in [0.4, 0.5) is 4.39 Å². The van der Waals surface area contributed by atoms with Crippen LogP contribution in [0.25, 0.3) is 22.2 Å². The minimum absolute atomic E-state index is 0.250. The molecule has 1 aromatic heterocycles. The molecule has 0 amide bonds. The highest BCUT2D eigenvalue weighted by molar-refractivity contribution is 6.31. The molecule has 1 heterocycles. The number of rotatable bonds is 2. The minimum atomic E-state index is -0.490. The van der Waals surface area contributed by atoms with E-state index in [0.717, 1.165) is 5.56 Å². The minimum Gasteiger partial charge on any atom is -0.352 e. The van der Waals surface area contributed by atoms with Gasteiger partial charge in [-0.25, -0.2) is 4.39 Å². The zero-order valence-corrected chi connectivity index (χ0v) is 11.6. The summed E-state index contributed by atoms with van der Waals surface area (Å²) in [5, 5.41) is 1.31. The molecule has 3 rings (SSSR count). The number of aromatic nitrogens is 1. The number of hydrogen-bond donors (Lipinski definition) is 1. The van der Waals surface area contributed by atoms with Crippen LogP contribution in [0.3, 0.4) is 0 Å². The second-order valence-corrected chi connectivity index (χ2v) is 5.22. The Kier molecular flexibility index (Phi) is 3.24. The number of fused-ring (bicyclic) bond motifs is 1. The molecule has 0 atom stereocenters. The van der Waals surface area contributed by atoms with E-state index in [-0.39, 0.29) is 10.5 Å². The van der Waals surface area contributed by atoms with Crippen molar-refractivity contribution in [3.05, 3.63) is 57.8 Å². The van der Waals surface area contributed by atoms with Crippen LogP contribution in [-0.4, -0.2) is 11.3 Å². The van der Waals surface area contributed by atoms with Gasteiger partial charge < -0.3 is 4.98 Å². The van der Waals surface area contributed by atoms with Gasteiger partial charge in [-0.05, 0) is 29.8 Å². The fourth-order valence-corrected chi connectivity index (χ4v) is 2.54. The largest absolute Gasteiger partial charge is 0.352 e. The van der Waals surface area contributed by atoms with Gasteiger partial charge in [-0.15, -0.1) is 0 Å². The Bertz CT molecular complexity index is 809. The van der Waals surface area contributed by atoms with E-state index in [2.05, 4.69) is 4.98 Å². The zero-order valence-electron chi connectivity index (χ0n) is 10.1. The Labute approximate surface area is 124 Å². The third-order valence-electron chi connectivity index (χ3n) is 3.12. The Hall–Kier alpha value is -1.84.